The Morgan fingerprint density at radius 3 is 2.58 bits per heavy atom. The summed E-state index contributed by atoms with van der Waals surface area (Å²) in [6.45, 7) is 1.56. The van der Waals surface area contributed by atoms with Crippen LogP contribution in [-0.4, -0.2) is 9.97 Å². The summed E-state index contributed by atoms with van der Waals surface area (Å²) in [5, 5.41) is -0.424. The van der Waals surface area contributed by atoms with Gasteiger partial charge in [0.05, 0.1) is 0 Å². The molecule has 0 aliphatic carbocycles. The SMILES string of the molecule is CC#Cc1nc(Cl)nc(Cl)c1F. The highest BCUT2D eigenvalue weighted by atomic mass is 35.5. The zero-order valence-corrected chi connectivity index (χ0v) is 7.54. The maximum atomic E-state index is 13.0. The van der Waals surface area contributed by atoms with E-state index in [0.717, 1.165) is 0 Å². The largest absolute Gasteiger partial charge is 0.225 e. The van der Waals surface area contributed by atoms with Gasteiger partial charge in [-0.1, -0.05) is 17.5 Å². The quantitative estimate of drug-likeness (QED) is 0.369. The minimum Gasteiger partial charge on any atom is -0.206 e. The second-order valence-electron chi connectivity index (χ2n) is 1.82. The third-order valence-corrected chi connectivity index (χ3v) is 1.45. The molecule has 1 aromatic heterocycles. The lowest BCUT2D eigenvalue weighted by atomic mass is 10.4. The number of rotatable bonds is 0. The molecule has 0 fully saturated rings. The number of aromatic nitrogens is 2. The van der Waals surface area contributed by atoms with Gasteiger partial charge >= 0.3 is 0 Å². The van der Waals surface area contributed by atoms with Gasteiger partial charge in [0.2, 0.25) is 5.28 Å². The minimum absolute atomic E-state index is 0.0810. The van der Waals surface area contributed by atoms with Gasteiger partial charge in [-0.25, -0.2) is 14.4 Å². The van der Waals surface area contributed by atoms with Gasteiger partial charge in [-0.05, 0) is 24.4 Å². The summed E-state index contributed by atoms with van der Waals surface area (Å²) >= 11 is 10.8. The van der Waals surface area contributed by atoms with Gasteiger partial charge in [0.25, 0.3) is 0 Å². The van der Waals surface area contributed by atoms with Crippen molar-refractivity contribution in [3.05, 3.63) is 21.9 Å². The summed E-state index contributed by atoms with van der Waals surface area (Å²) in [6.07, 6.45) is 0. The summed E-state index contributed by atoms with van der Waals surface area (Å²) in [4.78, 5) is 6.94. The Labute approximate surface area is 78.7 Å². The molecule has 0 aliphatic heterocycles. The Bertz CT molecular complexity index is 368. The van der Waals surface area contributed by atoms with E-state index in [1.165, 1.54) is 0 Å². The highest BCUT2D eigenvalue weighted by Crippen LogP contribution is 2.15. The van der Waals surface area contributed by atoms with Crippen molar-refractivity contribution in [1.82, 2.24) is 9.97 Å². The molecule has 0 unspecified atom stereocenters. The van der Waals surface area contributed by atoms with Crippen LogP contribution >= 0.6 is 23.2 Å². The van der Waals surface area contributed by atoms with E-state index in [9.17, 15) is 4.39 Å². The van der Waals surface area contributed by atoms with Crippen molar-refractivity contribution >= 4 is 23.2 Å². The van der Waals surface area contributed by atoms with Gasteiger partial charge in [-0.3, -0.25) is 0 Å². The molecule has 0 saturated heterocycles. The van der Waals surface area contributed by atoms with E-state index < -0.39 is 5.82 Å². The lowest BCUT2D eigenvalue weighted by Crippen LogP contribution is -1.94. The first-order chi connectivity index (χ1) is 5.65. The smallest absolute Gasteiger partial charge is 0.206 e. The lowest BCUT2D eigenvalue weighted by molar-refractivity contribution is 0.609. The molecule has 1 aromatic rings. The molecule has 0 aromatic carbocycles. The van der Waals surface area contributed by atoms with Crippen LogP contribution in [0.1, 0.15) is 12.6 Å². The minimum atomic E-state index is -0.740. The standard InChI is InChI=1S/C7H3Cl2FN2/c1-2-3-4-5(10)6(8)12-7(9)11-4/h1H3. The summed E-state index contributed by atoms with van der Waals surface area (Å²) in [5.74, 6) is 4.15. The van der Waals surface area contributed by atoms with Crippen LogP contribution in [0.2, 0.25) is 10.4 Å². The molecule has 0 bridgehead atoms. The summed E-state index contributed by atoms with van der Waals surface area (Å²) < 4.78 is 13.0. The van der Waals surface area contributed by atoms with Crippen molar-refractivity contribution in [2.75, 3.05) is 0 Å². The normalized spacial score (nSPS) is 9.00. The van der Waals surface area contributed by atoms with Gasteiger partial charge < -0.3 is 0 Å². The maximum Gasteiger partial charge on any atom is 0.225 e. The van der Waals surface area contributed by atoms with Crippen molar-refractivity contribution in [1.29, 1.82) is 0 Å². The first kappa shape index (κ1) is 9.24. The first-order valence-electron chi connectivity index (χ1n) is 2.96. The molecule has 0 radical (unpaired) electrons. The van der Waals surface area contributed by atoms with E-state index in [2.05, 4.69) is 21.8 Å². The van der Waals surface area contributed by atoms with Gasteiger partial charge in [0, 0.05) is 0 Å². The Hall–Kier alpha value is -0.850. The molecule has 0 spiro atoms. The number of hydrogen-bond acceptors (Lipinski definition) is 2. The highest BCUT2D eigenvalue weighted by molar-refractivity contribution is 6.31. The topological polar surface area (TPSA) is 25.8 Å². The van der Waals surface area contributed by atoms with E-state index >= 15 is 0 Å². The van der Waals surface area contributed by atoms with Crippen molar-refractivity contribution in [2.24, 2.45) is 0 Å². The fourth-order valence-electron chi connectivity index (χ4n) is 0.595. The molecule has 0 atom stereocenters. The van der Waals surface area contributed by atoms with Crippen molar-refractivity contribution in [3.63, 3.8) is 0 Å². The van der Waals surface area contributed by atoms with Gasteiger partial charge in [-0.15, -0.1) is 0 Å². The Balaban J connectivity index is 3.34. The molecule has 0 N–H and O–H groups in total. The third-order valence-electron chi connectivity index (χ3n) is 1.03. The molecule has 1 heterocycles. The molecule has 2 nitrogen and oxygen atoms in total. The van der Waals surface area contributed by atoms with Crippen LogP contribution in [0.15, 0.2) is 0 Å². The average molecular weight is 205 g/mol. The molecule has 0 saturated carbocycles. The molecule has 1 rings (SSSR count). The van der Waals surface area contributed by atoms with Crippen molar-refractivity contribution in [2.45, 2.75) is 6.92 Å². The second-order valence-corrected chi connectivity index (χ2v) is 2.52. The van der Waals surface area contributed by atoms with Gasteiger partial charge in [0.15, 0.2) is 16.7 Å². The third kappa shape index (κ3) is 1.84. The van der Waals surface area contributed by atoms with Crippen LogP contribution in [0.3, 0.4) is 0 Å². The zero-order chi connectivity index (χ0) is 9.14. The Morgan fingerprint density at radius 1 is 1.33 bits per heavy atom. The van der Waals surface area contributed by atoms with Gasteiger partial charge in [-0.2, -0.15) is 0 Å². The maximum absolute atomic E-state index is 13.0. The lowest BCUT2D eigenvalue weighted by Gasteiger charge is -1.95. The predicted octanol–water partition coefficient (Wildman–Crippen LogP) is 2.29. The zero-order valence-electron chi connectivity index (χ0n) is 6.03. The van der Waals surface area contributed by atoms with E-state index in [1.807, 2.05) is 0 Å². The highest BCUT2D eigenvalue weighted by Gasteiger charge is 2.09. The summed E-state index contributed by atoms with van der Waals surface area (Å²) in [5.41, 5.74) is -0.0810. The average Bonchev–Trinajstić information content (AvgIpc) is 2.00. The molecule has 5 heteroatoms. The van der Waals surface area contributed by atoms with Crippen LogP contribution in [0.4, 0.5) is 4.39 Å². The monoisotopic (exact) mass is 204 g/mol. The van der Waals surface area contributed by atoms with Crippen LogP contribution < -0.4 is 0 Å². The molecule has 62 valence electrons. The Kier molecular flexibility index (Phi) is 2.85. The molecule has 12 heavy (non-hydrogen) atoms. The fraction of sp³-hybridized carbons (Fsp3) is 0.143. The summed E-state index contributed by atoms with van der Waals surface area (Å²) in [6, 6.07) is 0. The van der Waals surface area contributed by atoms with Crippen LogP contribution in [-0.2, 0) is 0 Å². The molecule has 0 aliphatic rings. The van der Waals surface area contributed by atoms with E-state index in [0.29, 0.717) is 0 Å². The number of halogens is 3. The van der Waals surface area contributed by atoms with Crippen LogP contribution in [0.5, 0.6) is 0 Å². The molecular weight excluding hydrogens is 202 g/mol. The van der Waals surface area contributed by atoms with E-state index in [4.69, 9.17) is 23.2 Å². The predicted molar refractivity (Wildman–Crippen MR) is 44.6 cm³/mol. The van der Waals surface area contributed by atoms with Crippen LogP contribution in [0.25, 0.3) is 0 Å². The fourth-order valence-corrected chi connectivity index (χ4v) is 0.977. The van der Waals surface area contributed by atoms with E-state index in [-0.39, 0.29) is 16.1 Å². The second kappa shape index (κ2) is 3.70. The Morgan fingerprint density at radius 2 is 2.00 bits per heavy atom. The number of nitrogens with zero attached hydrogens (tertiary/aromatic N) is 2. The van der Waals surface area contributed by atoms with Crippen LogP contribution in [0, 0.1) is 17.7 Å². The van der Waals surface area contributed by atoms with Crippen molar-refractivity contribution in [3.8, 4) is 11.8 Å². The van der Waals surface area contributed by atoms with E-state index in [1.54, 1.807) is 6.92 Å². The van der Waals surface area contributed by atoms with Gasteiger partial charge in [0.1, 0.15) is 0 Å². The van der Waals surface area contributed by atoms with Crippen molar-refractivity contribution < 1.29 is 4.39 Å². The summed E-state index contributed by atoms with van der Waals surface area (Å²) in [7, 11) is 0. The molecular formula is C7H3Cl2FN2. The first-order valence-corrected chi connectivity index (χ1v) is 3.72. The molecule has 0 amide bonds. The number of hydrogen-bond donors (Lipinski definition) is 0.